The molecular weight excluding hydrogens is 338 g/mol. The van der Waals surface area contributed by atoms with E-state index in [4.69, 9.17) is 0 Å². The van der Waals surface area contributed by atoms with Crippen molar-refractivity contribution >= 4 is 16.9 Å². The minimum absolute atomic E-state index is 0.135. The number of benzene rings is 2. The van der Waals surface area contributed by atoms with Gasteiger partial charge in [-0.25, -0.2) is 9.36 Å². The van der Waals surface area contributed by atoms with E-state index in [1.807, 2.05) is 18.2 Å². The molecule has 2 aromatic carbocycles. The molecule has 5 heteroatoms. The summed E-state index contributed by atoms with van der Waals surface area (Å²) in [5.41, 5.74) is 2.43. The smallest absolute Gasteiger partial charge is 0.305 e. The quantitative estimate of drug-likeness (QED) is 0.757. The fourth-order valence-electron chi connectivity index (χ4n) is 4.03. The number of aromatic amines is 1. The molecule has 1 fully saturated rings. The number of carbonyl (C=O) groups is 1. The summed E-state index contributed by atoms with van der Waals surface area (Å²) in [6.45, 7) is 2.75. The lowest BCUT2D eigenvalue weighted by Crippen LogP contribution is -2.37. The van der Waals surface area contributed by atoms with E-state index in [9.17, 15) is 9.59 Å². The molecule has 1 aliphatic heterocycles. The van der Waals surface area contributed by atoms with E-state index < -0.39 is 0 Å². The molecule has 0 bridgehead atoms. The standard InChI is InChI=1S/C22H25N3O2/c26-21(25-20-9-5-4-8-19(20)23-22(25)27)12-15-24-13-10-18(11-14-24)16-17-6-2-1-3-7-17/h1-9,18H,10-16H2,(H,23,27). The summed E-state index contributed by atoms with van der Waals surface area (Å²) in [5, 5.41) is 0. The Hall–Kier alpha value is -2.66. The van der Waals surface area contributed by atoms with Crippen LogP contribution in [0.3, 0.4) is 0 Å². The van der Waals surface area contributed by atoms with Crippen LogP contribution in [0.25, 0.3) is 11.0 Å². The highest BCUT2D eigenvalue weighted by Crippen LogP contribution is 2.21. The molecule has 0 atom stereocenters. The summed E-state index contributed by atoms with van der Waals surface area (Å²) in [6, 6.07) is 18.0. The number of H-pyrrole nitrogens is 1. The largest absolute Gasteiger partial charge is 0.333 e. The predicted molar refractivity (Wildman–Crippen MR) is 107 cm³/mol. The van der Waals surface area contributed by atoms with E-state index in [1.54, 1.807) is 6.07 Å². The Bertz CT molecular complexity index is 966. The van der Waals surface area contributed by atoms with Crippen LogP contribution in [0.1, 0.15) is 29.6 Å². The number of hydrogen-bond acceptors (Lipinski definition) is 3. The van der Waals surface area contributed by atoms with Gasteiger partial charge in [-0.3, -0.25) is 4.79 Å². The zero-order valence-corrected chi connectivity index (χ0v) is 15.4. The zero-order valence-electron chi connectivity index (χ0n) is 15.4. The van der Waals surface area contributed by atoms with Crippen LogP contribution >= 0.6 is 0 Å². The van der Waals surface area contributed by atoms with Crippen molar-refractivity contribution in [3.05, 3.63) is 70.6 Å². The second-order valence-electron chi connectivity index (χ2n) is 7.40. The molecule has 0 spiro atoms. The Balaban J connectivity index is 1.30. The Labute approximate surface area is 158 Å². The molecule has 0 aliphatic carbocycles. The van der Waals surface area contributed by atoms with Crippen LogP contribution in [0.5, 0.6) is 0 Å². The van der Waals surface area contributed by atoms with Crippen molar-refractivity contribution in [1.29, 1.82) is 0 Å². The molecule has 0 saturated carbocycles. The number of likely N-dealkylation sites (tertiary alicyclic amines) is 1. The molecule has 1 N–H and O–H groups in total. The van der Waals surface area contributed by atoms with Gasteiger partial charge in [0.05, 0.1) is 11.0 Å². The molecule has 3 aromatic rings. The summed E-state index contributed by atoms with van der Waals surface area (Å²) in [5.74, 6) is 0.583. The maximum absolute atomic E-state index is 12.6. The number of piperidine rings is 1. The van der Waals surface area contributed by atoms with Crippen molar-refractivity contribution in [1.82, 2.24) is 14.5 Å². The first-order valence-corrected chi connectivity index (χ1v) is 9.70. The highest BCUT2D eigenvalue weighted by molar-refractivity contribution is 5.90. The van der Waals surface area contributed by atoms with Crippen molar-refractivity contribution in [3.8, 4) is 0 Å². The molecule has 4 rings (SSSR count). The van der Waals surface area contributed by atoms with Gasteiger partial charge >= 0.3 is 5.69 Å². The number of nitrogens with zero attached hydrogens (tertiary/aromatic N) is 2. The molecule has 0 amide bonds. The lowest BCUT2D eigenvalue weighted by molar-refractivity contribution is 0.0872. The Morgan fingerprint density at radius 3 is 2.48 bits per heavy atom. The molecule has 140 valence electrons. The van der Waals surface area contributed by atoms with Gasteiger partial charge in [0.25, 0.3) is 0 Å². The highest BCUT2D eigenvalue weighted by Gasteiger charge is 2.21. The second-order valence-corrected chi connectivity index (χ2v) is 7.40. The van der Waals surface area contributed by atoms with Gasteiger partial charge in [-0.2, -0.15) is 0 Å². The highest BCUT2D eigenvalue weighted by atomic mass is 16.2. The number of hydrogen-bond donors (Lipinski definition) is 1. The molecule has 1 aliphatic rings. The zero-order chi connectivity index (χ0) is 18.6. The number of para-hydroxylation sites is 2. The third-order valence-corrected chi connectivity index (χ3v) is 5.56. The molecule has 0 unspecified atom stereocenters. The third kappa shape index (κ3) is 4.03. The van der Waals surface area contributed by atoms with Crippen molar-refractivity contribution in [3.63, 3.8) is 0 Å². The van der Waals surface area contributed by atoms with Gasteiger partial charge in [-0.15, -0.1) is 0 Å². The maximum Gasteiger partial charge on any atom is 0.333 e. The van der Waals surface area contributed by atoms with E-state index in [0.717, 1.165) is 38.3 Å². The van der Waals surface area contributed by atoms with Crippen LogP contribution in [0.15, 0.2) is 59.4 Å². The Morgan fingerprint density at radius 1 is 1.00 bits per heavy atom. The van der Waals surface area contributed by atoms with Crippen molar-refractivity contribution < 1.29 is 4.79 Å². The van der Waals surface area contributed by atoms with E-state index >= 15 is 0 Å². The Morgan fingerprint density at radius 2 is 1.70 bits per heavy atom. The summed E-state index contributed by atoms with van der Waals surface area (Å²) in [7, 11) is 0. The topological polar surface area (TPSA) is 58.1 Å². The van der Waals surface area contributed by atoms with Crippen LogP contribution in [0, 0.1) is 5.92 Å². The summed E-state index contributed by atoms with van der Waals surface area (Å²) in [4.78, 5) is 29.8. The number of imidazole rings is 1. The lowest BCUT2D eigenvalue weighted by Gasteiger charge is -2.31. The fourth-order valence-corrected chi connectivity index (χ4v) is 4.03. The van der Waals surface area contributed by atoms with Gasteiger partial charge in [0.15, 0.2) is 0 Å². The van der Waals surface area contributed by atoms with Crippen molar-refractivity contribution in [2.24, 2.45) is 5.92 Å². The fraction of sp³-hybridized carbons (Fsp3) is 0.364. The van der Waals surface area contributed by atoms with Crippen LogP contribution in [0.2, 0.25) is 0 Å². The number of aromatic nitrogens is 2. The van der Waals surface area contributed by atoms with Crippen molar-refractivity contribution in [2.45, 2.75) is 25.7 Å². The number of carbonyl (C=O) groups excluding carboxylic acids is 1. The van der Waals surface area contributed by atoms with E-state index in [0.29, 0.717) is 24.0 Å². The average molecular weight is 363 g/mol. The van der Waals surface area contributed by atoms with Crippen LogP contribution in [-0.2, 0) is 6.42 Å². The van der Waals surface area contributed by atoms with Gasteiger partial charge in [0.2, 0.25) is 5.91 Å². The minimum atomic E-state index is -0.345. The van der Waals surface area contributed by atoms with Gasteiger partial charge in [-0.1, -0.05) is 42.5 Å². The molecule has 1 aromatic heterocycles. The molecule has 0 radical (unpaired) electrons. The van der Waals surface area contributed by atoms with E-state index in [1.165, 1.54) is 10.1 Å². The first kappa shape index (κ1) is 17.7. The van der Waals surface area contributed by atoms with Gasteiger partial charge in [-0.05, 0) is 56.0 Å². The molecule has 5 nitrogen and oxygen atoms in total. The predicted octanol–water partition coefficient (Wildman–Crippen LogP) is 3.31. The molecule has 1 saturated heterocycles. The normalized spacial score (nSPS) is 16.0. The SMILES string of the molecule is O=C(CCN1CCC(Cc2ccccc2)CC1)n1c(=O)[nH]c2ccccc21. The van der Waals surface area contributed by atoms with Gasteiger partial charge in [0.1, 0.15) is 0 Å². The van der Waals surface area contributed by atoms with E-state index in [-0.39, 0.29) is 11.6 Å². The second kappa shape index (κ2) is 7.92. The van der Waals surface area contributed by atoms with Gasteiger partial charge in [0, 0.05) is 13.0 Å². The molecular formula is C22H25N3O2. The summed E-state index contributed by atoms with van der Waals surface area (Å²) in [6.07, 6.45) is 3.83. The monoisotopic (exact) mass is 363 g/mol. The maximum atomic E-state index is 12.6. The lowest BCUT2D eigenvalue weighted by atomic mass is 9.90. The first-order valence-electron chi connectivity index (χ1n) is 9.70. The van der Waals surface area contributed by atoms with Crippen LogP contribution < -0.4 is 5.69 Å². The third-order valence-electron chi connectivity index (χ3n) is 5.56. The number of fused-ring (bicyclic) bond motifs is 1. The van der Waals surface area contributed by atoms with Crippen LogP contribution in [-0.4, -0.2) is 40.0 Å². The molecule has 27 heavy (non-hydrogen) atoms. The Kier molecular flexibility index (Phi) is 5.21. The van der Waals surface area contributed by atoms with Crippen LogP contribution in [0.4, 0.5) is 0 Å². The number of nitrogens with one attached hydrogen (secondary N) is 1. The molecule has 2 heterocycles. The summed E-state index contributed by atoms with van der Waals surface area (Å²) < 4.78 is 1.28. The first-order chi connectivity index (χ1) is 13.2. The van der Waals surface area contributed by atoms with E-state index in [2.05, 4.69) is 40.2 Å². The average Bonchev–Trinajstić information content (AvgIpc) is 3.04. The number of rotatable bonds is 5. The van der Waals surface area contributed by atoms with Crippen molar-refractivity contribution in [2.75, 3.05) is 19.6 Å². The minimum Gasteiger partial charge on any atom is -0.305 e. The van der Waals surface area contributed by atoms with Gasteiger partial charge < -0.3 is 9.88 Å². The summed E-state index contributed by atoms with van der Waals surface area (Å²) >= 11 is 0.